The summed E-state index contributed by atoms with van der Waals surface area (Å²) in [6.07, 6.45) is 0.795. The molecular weight excluding hydrogens is 545 g/mol. The number of carbonyl (C=O) groups excluding carboxylic acids is 2. The average molecular weight is 579 g/mol. The monoisotopic (exact) mass is 577 g/mol. The van der Waals surface area contributed by atoms with Crippen molar-refractivity contribution in [3.63, 3.8) is 0 Å². The number of likely N-dealkylation sites (N-methyl/N-ethyl adjacent to an activating group) is 1. The van der Waals surface area contributed by atoms with E-state index < -0.39 is 6.04 Å². The van der Waals surface area contributed by atoms with Crippen molar-refractivity contribution in [1.82, 2.24) is 14.7 Å². The molecule has 0 radical (unpaired) electrons. The quantitative estimate of drug-likeness (QED) is 0.421. The van der Waals surface area contributed by atoms with Crippen LogP contribution in [0.2, 0.25) is 10.0 Å². The van der Waals surface area contributed by atoms with Crippen molar-refractivity contribution in [2.75, 3.05) is 63.1 Å². The second-order valence-corrected chi connectivity index (χ2v) is 10.6. The van der Waals surface area contributed by atoms with Gasteiger partial charge in [-0.2, -0.15) is 0 Å². The maximum atomic E-state index is 13.6. The summed E-state index contributed by atoms with van der Waals surface area (Å²) in [5, 5.41) is 3.97. The van der Waals surface area contributed by atoms with Crippen LogP contribution in [-0.4, -0.2) is 90.6 Å². The third-order valence-corrected chi connectivity index (χ3v) is 8.17. The van der Waals surface area contributed by atoms with Crippen LogP contribution in [0.25, 0.3) is 0 Å². The number of anilines is 2. The zero-order valence-electron chi connectivity index (χ0n) is 21.7. The van der Waals surface area contributed by atoms with E-state index >= 15 is 0 Å². The molecule has 2 aromatic rings. The summed E-state index contributed by atoms with van der Waals surface area (Å²) < 4.78 is 5.18. The number of nitrogens with one attached hydrogen (secondary N) is 1. The fourth-order valence-corrected chi connectivity index (χ4v) is 5.51. The van der Waals surface area contributed by atoms with Gasteiger partial charge in [-0.25, -0.2) is 0 Å². The van der Waals surface area contributed by atoms with Crippen molar-refractivity contribution in [3.8, 4) is 5.75 Å². The number of nitrogens with zero attached hydrogens (tertiary/aromatic N) is 4. The molecule has 0 bridgehead atoms. The van der Waals surface area contributed by atoms with Crippen LogP contribution < -0.4 is 15.0 Å². The number of benzene rings is 2. The first kappa shape index (κ1) is 28.6. The van der Waals surface area contributed by atoms with Crippen molar-refractivity contribution < 1.29 is 14.3 Å². The summed E-state index contributed by atoms with van der Waals surface area (Å²) in [5.74, 6) is 0.168. The molecule has 0 saturated carbocycles. The molecule has 0 aliphatic carbocycles. The largest absolute Gasteiger partial charge is 0.497 e. The molecule has 0 spiro atoms. The number of hydrogen-bond acceptors (Lipinski definition) is 6. The number of piperazine rings is 1. The highest BCUT2D eigenvalue weighted by Gasteiger charge is 2.44. The van der Waals surface area contributed by atoms with Crippen molar-refractivity contribution in [2.45, 2.75) is 25.8 Å². The van der Waals surface area contributed by atoms with Crippen LogP contribution in [-0.2, 0) is 9.59 Å². The molecule has 0 aromatic heterocycles. The standard InChI is InChI=1S/C27H33Cl2N5O3S/c1-3-31-13-15-32(16-14-31)11-4-12-33-24(18-25(35)30-19-5-8-21(37-2)9-6-19)26(36)34(27(33)38)20-7-10-22(28)23(29)17-20/h5-10,17,24H,3-4,11-16,18H2,1-2H3,(H,30,35)/t24-/m0/s1. The minimum Gasteiger partial charge on any atom is -0.497 e. The van der Waals surface area contributed by atoms with Crippen LogP contribution in [0, 0.1) is 0 Å². The molecular formula is C27H33Cl2N5O3S. The fourth-order valence-electron chi connectivity index (χ4n) is 4.80. The number of amides is 2. The van der Waals surface area contributed by atoms with Gasteiger partial charge in [-0.05, 0) is 74.2 Å². The molecule has 4 rings (SSSR count). The van der Waals surface area contributed by atoms with Crippen LogP contribution in [0.15, 0.2) is 42.5 Å². The Morgan fingerprint density at radius 1 is 1.03 bits per heavy atom. The smallest absolute Gasteiger partial charge is 0.256 e. The Hall–Kier alpha value is -2.43. The maximum Gasteiger partial charge on any atom is 0.256 e. The molecule has 1 N–H and O–H groups in total. The molecule has 2 amide bonds. The van der Waals surface area contributed by atoms with Crippen molar-refractivity contribution in [2.24, 2.45) is 0 Å². The number of thiocarbonyl (C=S) groups is 1. The Morgan fingerprint density at radius 2 is 1.71 bits per heavy atom. The van der Waals surface area contributed by atoms with E-state index in [9.17, 15) is 9.59 Å². The molecule has 2 heterocycles. The van der Waals surface area contributed by atoms with Crippen molar-refractivity contribution in [1.29, 1.82) is 0 Å². The Balaban J connectivity index is 1.46. The topological polar surface area (TPSA) is 68.4 Å². The van der Waals surface area contributed by atoms with Gasteiger partial charge in [0.1, 0.15) is 11.8 Å². The number of carbonyl (C=O) groups is 2. The molecule has 2 aliphatic heterocycles. The molecule has 0 unspecified atom stereocenters. The van der Waals surface area contributed by atoms with E-state index in [1.165, 1.54) is 4.90 Å². The minimum absolute atomic E-state index is 0.0298. The third-order valence-electron chi connectivity index (χ3n) is 7.02. The van der Waals surface area contributed by atoms with Gasteiger partial charge in [0.15, 0.2) is 5.11 Å². The summed E-state index contributed by atoms with van der Waals surface area (Å²) in [6.45, 7) is 8.92. The van der Waals surface area contributed by atoms with Crippen molar-refractivity contribution >= 4 is 63.7 Å². The molecule has 11 heteroatoms. The summed E-state index contributed by atoms with van der Waals surface area (Å²) >= 11 is 18.1. The summed E-state index contributed by atoms with van der Waals surface area (Å²) in [6, 6.07) is 11.3. The zero-order valence-corrected chi connectivity index (χ0v) is 24.0. The van der Waals surface area contributed by atoms with E-state index in [4.69, 9.17) is 40.2 Å². The Kier molecular flexibility index (Phi) is 9.84. The normalized spacial score (nSPS) is 18.8. The molecule has 2 saturated heterocycles. The van der Waals surface area contributed by atoms with Gasteiger partial charge in [-0.3, -0.25) is 14.5 Å². The molecule has 204 valence electrons. The second kappa shape index (κ2) is 13.1. The number of rotatable bonds is 10. The number of methoxy groups -OCH3 is 1. The van der Waals surface area contributed by atoms with Crippen molar-refractivity contribution in [3.05, 3.63) is 52.5 Å². The van der Waals surface area contributed by atoms with E-state index in [1.54, 1.807) is 49.6 Å². The average Bonchev–Trinajstić information content (AvgIpc) is 3.15. The number of hydrogen-bond donors (Lipinski definition) is 1. The SMILES string of the molecule is CCN1CCN(CCCN2C(=S)N(c3ccc(Cl)c(Cl)c3)C(=O)[C@@H]2CC(=O)Nc2ccc(OC)cc2)CC1. The van der Waals surface area contributed by atoms with Crippen LogP contribution in [0.4, 0.5) is 11.4 Å². The lowest BCUT2D eigenvalue weighted by molar-refractivity contribution is -0.124. The van der Waals surface area contributed by atoms with Crippen LogP contribution in [0.5, 0.6) is 5.75 Å². The summed E-state index contributed by atoms with van der Waals surface area (Å²) in [7, 11) is 1.58. The predicted octanol–water partition coefficient (Wildman–Crippen LogP) is 4.36. The van der Waals surface area contributed by atoms with Crippen LogP contribution in [0.1, 0.15) is 19.8 Å². The first-order chi connectivity index (χ1) is 18.3. The summed E-state index contributed by atoms with van der Waals surface area (Å²) in [5.41, 5.74) is 1.16. The van der Waals surface area contributed by atoms with E-state index in [1.807, 2.05) is 4.90 Å². The number of ether oxygens (including phenoxy) is 1. The third kappa shape index (κ3) is 6.76. The van der Waals surface area contributed by atoms with Crippen LogP contribution in [0.3, 0.4) is 0 Å². The highest BCUT2D eigenvalue weighted by molar-refractivity contribution is 7.80. The molecule has 2 aromatic carbocycles. The van der Waals surface area contributed by atoms with E-state index in [0.717, 1.165) is 45.7 Å². The van der Waals surface area contributed by atoms with Gasteiger partial charge < -0.3 is 24.8 Å². The Morgan fingerprint density at radius 3 is 2.34 bits per heavy atom. The lowest BCUT2D eigenvalue weighted by atomic mass is 10.1. The summed E-state index contributed by atoms with van der Waals surface area (Å²) in [4.78, 5) is 34.9. The molecule has 8 nitrogen and oxygen atoms in total. The van der Waals surface area contributed by atoms with Gasteiger partial charge in [-0.15, -0.1) is 0 Å². The minimum atomic E-state index is -0.716. The van der Waals surface area contributed by atoms with E-state index in [-0.39, 0.29) is 18.2 Å². The highest BCUT2D eigenvalue weighted by atomic mass is 35.5. The van der Waals surface area contributed by atoms with Gasteiger partial charge in [0.2, 0.25) is 5.91 Å². The molecule has 2 fully saturated rings. The lowest BCUT2D eigenvalue weighted by Gasteiger charge is -2.34. The van der Waals surface area contributed by atoms with Gasteiger partial charge in [0, 0.05) is 38.4 Å². The van der Waals surface area contributed by atoms with Gasteiger partial charge >= 0.3 is 0 Å². The van der Waals surface area contributed by atoms with E-state index in [0.29, 0.717) is 38.8 Å². The Labute approximate surface area is 239 Å². The zero-order chi connectivity index (χ0) is 27.2. The maximum absolute atomic E-state index is 13.6. The lowest BCUT2D eigenvalue weighted by Crippen LogP contribution is -2.47. The number of halogens is 2. The van der Waals surface area contributed by atoms with Gasteiger partial charge in [0.25, 0.3) is 5.91 Å². The Bertz CT molecular complexity index is 1160. The molecule has 1 atom stereocenters. The van der Waals surface area contributed by atoms with Crippen LogP contribution >= 0.6 is 35.4 Å². The predicted molar refractivity (Wildman–Crippen MR) is 156 cm³/mol. The van der Waals surface area contributed by atoms with Gasteiger partial charge in [-0.1, -0.05) is 30.1 Å². The first-order valence-corrected chi connectivity index (χ1v) is 14.0. The first-order valence-electron chi connectivity index (χ1n) is 12.8. The molecule has 38 heavy (non-hydrogen) atoms. The van der Waals surface area contributed by atoms with Gasteiger partial charge in [0.05, 0.1) is 29.3 Å². The second-order valence-electron chi connectivity index (χ2n) is 9.37. The highest BCUT2D eigenvalue weighted by Crippen LogP contribution is 2.32. The molecule has 2 aliphatic rings. The van der Waals surface area contributed by atoms with E-state index in [2.05, 4.69) is 22.0 Å². The fraction of sp³-hybridized carbons (Fsp3) is 0.444.